The Morgan fingerprint density at radius 3 is 2.94 bits per heavy atom. The fourth-order valence-electron chi connectivity index (χ4n) is 3.75. The Labute approximate surface area is 178 Å². The zero-order valence-electron chi connectivity index (χ0n) is 16.8. The molecule has 0 unspecified atom stereocenters. The van der Waals surface area contributed by atoms with Crippen molar-refractivity contribution < 1.29 is 9.18 Å². The van der Waals surface area contributed by atoms with Crippen molar-refractivity contribution in [2.24, 2.45) is 0 Å². The summed E-state index contributed by atoms with van der Waals surface area (Å²) in [5.41, 5.74) is 2.72. The number of aromatic nitrogens is 5. The summed E-state index contributed by atoms with van der Waals surface area (Å²) in [6.45, 7) is 2.71. The van der Waals surface area contributed by atoms with Crippen molar-refractivity contribution in [2.45, 2.75) is 19.0 Å². The summed E-state index contributed by atoms with van der Waals surface area (Å²) in [6, 6.07) is 11.1. The number of nitrogens with zero attached hydrogens (tertiary/aromatic N) is 5. The zero-order valence-corrected chi connectivity index (χ0v) is 16.8. The van der Waals surface area contributed by atoms with Gasteiger partial charge in [-0.1, -0.05) is 12.1 Å². The van der Waals surface area contributed by atoms with Gasteiger partial charge in [0.15, 0.2) is 0 Å². The van der Waals surface area contributed by atoms with E-state index in [9.17, 15) is 9.18 Å². The molecule has 4 aromatic rings. The average molecular weight is 419 g/mol. The molecule has 0 aliphatic carbocycles. The maximum atomic E-state index is 13.6. The molecule has 1 aliphatic heterocycles. The van der Waals surface area contributed by atoms with Gasteiger partial charge in [-0.2, -0.15) is 5.10 Å². The summed E-state index contributed by atoms with van der Waals surface area (Å²) >= 11 is 0. The number of nitrogens with one attached hydrogen (secondary N) is 2. The van der Waals surface area contributed by atoms with Crippen LogP contribution in [0.2, 0.25) is 0 Å². The molecule has 1 saturated heterocycles. The fourth-order valence-corrected chi connectivity index (χ4v) is 3.75. The number of benzene rings is 1. The van der Waals surface area contributed by atoms with E-state index in [-0.39, 0.29) is 24.2 Å². The minimum Gasteiger partial charge on any atom is -0.346 e. The zero-order chi connectivity index (χ0) is 21.2. The minimum atomic E-state index is -0.435. The second-order valence-electron chi connectivity index (χ2n) is 7.69. The lowest BCUT2D eigenvalue weighted by Crippen LogP contribution is -2.48. The van der Waals surface area contributed by atoms with Gasteiger partial charge in [-0.3, -0.25) is 19.4 Å². The van der Waals surface area contributed by atoms with E-state index in [1.54, 1.807) is 12.4 Å². The Morgan fingerprint density at radius 2 is 2.10 bits per heavy atom. The summed E-state index contributed by atoms with van der Waals surface area (Å²) in [6.07, 6.45) is 5.64. The van der Waals surface area contributed by atoms with Crippen molar-refractivity contribution in [2.75, 3.05) is 19.6 Å². The molecule has 0 radical (unpaired) electrons. The van der Waals surface area contributed by atoms with Crippen LogP contribution in [-0.4, -0.2) is 55.2 Å². The molecule has 0 saturated carbocycles. The molecule has 2 N–H and O–H groups in total. The van der Waals surface area contributed by atoms with Crippen LogP contribution in [0.1, 0.15) is 27.9 Å². The molecule has 9 heteroatoms. The molecule has 1 aromatic carbocycles. The molecule has 0 atom stereocenters. The highest BCUT2D eigenvalue weighted by atomic mass is 19.1. The number of carbonyl (C=O) groups is 1. The summed E-state index contributed by atoms with van der Waals surface area (Å²) < 4.78 is 15.5. The van der Waals surface area contributed by atoms with Crippen molar-refractivity contribution >= 4 is 16.9 Å². The number of H-pyrrole nitrogens is 1. The highest BCUT2D eigenvalue weighted by molar-refractivity contribution is 5.93. The number of aromatic amines is 1. The normalized spacial score (nSPS) is 14.6. The number of hydrogen-bond donors (Lipinski definition) is 2. The number of para-hydroxylation sites is 2. The molecule has 1 fully saturated rings. The molecule has 0 bridgehead atoms. The lowest BCUT2D eigenvalue weighted by atomic mass is 10.1. The van der Waals surface area contributed by atoms with Gasteiger partial charge in [-0.25, -0.2) is 9.37 Å². The van der Waals surface area contributed by atoms with Crippen LogP contribution in [0.15, 0.2) is 55.0 Å². The lowest BCUT2D eigenvalue weighted by molar-refractivity contribution is 0.0944. The fraction of sp³-hybridized carbons (Fsp3) is 0.273. The summed E-state index contributed by atoms with van der Waals surface area (Å²) in [4.78, 5) is 26.6. The quantitative estimate of drug-likeness (QED) is 0.480. The van der Waals surface area contributed by atoms with Crippen LogP contribution in [0.3, 0.4) is 0 Å². The molecule has 158 valence electrons. The number of carbonyl (C=O) groups excluding carboxylic acids is 1. The van der Waals surface area contributed by atoms with Crippen LogP contribution < -0.4 is 5.32 Å². The maximum absolute atomic E-state index is 13.6. The van der Waals surface area contributed by atoms with E-state index in [2.05, 4.69) is 30.3 Å². The van der Waals surface area contributed by atoms with Gasteiger partial charge in [0.25, 0.3) is 5.91 Å². The number of pyridine rings is 1. The van der Waals surface area contributed by atoms with Crippen LogP contribution in [0.5, 0.6) is 0 Å². The second-order valence-corrected chi connectivity index (χ2v) is 7.69. The van der Waals surface area contributed by atoms with Gasteiger partial charge in [0.1, 0.15) is 11.6 Å². The van der Waals surface area contributed by atoms with Crippen molar-refractivity contribution in [3.8, 4) is 0 Å². The van der Waals surface area contributed by atoms with E-state index < -0.39 is 5.82 Å². The largest absolute Gasteiger partial charge is 0.346 e. The van der Waals surface area contributed by atoms with E-state index in [0.717, 1.165) is 42.9 Å². The van der Waals surface area contributed by atoms with Crippen LogP contribution in [0.4, 0.5) is 4.39 Å². The summed E-state index contributed by atoms with van der Waals surface area (Å²) in [5, 5.41) is 7.02. The first-order valence-electron chi connectivity index (χ1n) is 10.2. The van der Waals surface area contributed by atoms with Crippen molar-refractivity contribution in [3.05, 3.63) is 77.9 Å². The van der Waals surface area contributed by atoms with Gasteiger partial charge in [0.05, 0.1) is 41.1 Å². The van der Waals surface area contributed by atoms with E-state index in [1.807, 2.05) is 28.9 Å². The first-order valence-corrected chi connectivity index (χ1v) is 10.2. The van der Waals surface area contributed by atoms with Gasteiger partial charge in [-0.15, -0.1) is 0 Å². The molecule has 3 aromatic heterocycles. The number of imidazole rings is 1. The van der Waals surface area contributed by atoms with Crippen molar-refractivity contribution in [3.63, 3.8) is 0 Å². The topological polar surface area (TPSA) is 91.7 Å². The first kappa shape index (κ1) is 19.4. The van der Waals surface area contributed by atoms with Crippen LogP contribution in [-0.2, 0) is 13.0 Å². The molecular formula is C22H22FN7O. The van der Waals surface area contributed by atoms with E-state index in [0.29, 0.717) is 5.56 Å². The summed E-state index contributed by atoms with van der Waals surface area (Å²) in [7, 11) is 0. The smallest absolute Gasteiger partial charge is 0.254 e. The van der Waals surface area contributed by atoms with Crippen molar-refractivity contribution in [1.29, 1.82) is 0 Å². The Bertz CT molecular complexity index is 1180. The number of likely N-dealkylation sites (tertiary alicyclic amines) is 1. The SMILES string of the molecule is O=C(NCc1ncccc1F)c1cnn(C2CN(CCc3nc4ccccc4[nH]3)C2)c1. The predicted molar refractivity (Wildman–Crippen MR) is 113 cm³/mol. The van der Waals surface area contributed by atoms with E-state index >= 15 is 0 Å². The molecule has 1 aliphatic rings. The third-order valence-electron chi connectivity index (χ3n) is 5.53. The van der Waals surface area contributed by atoms with Gasteiger partial charge in [0.2, 0.25) is 0 Å². The van der Waals surface area contributed by atoms with Gasteiger partial charge in [0, 0.05) is 38.4 Å². The van der Waals surface area contributed by atoms with Gasteiger partial charge >= 0.3 is 0 Å². The second kappa shape index (κ2) is 8.27. The summed E-state index contributed by atoms with van der Waals surface area (Å²) in [5.74, 6) is 0.264. The molecule has 31 heavy (non-hydrogen) atoms. The molecular weight excluding hydrogens is 397 g/mol. The number of rotatable bonds is 7. The Balaban J connectivity index is 1.10. The molecule has 0 spiro atoms. The number of hydrogen-bond acceptors (Lipinski definition) is 5. The first-order chi connectivity index (χ1) is 15.2. The van der Waals surface area contributed by atoms with Crippen LogP contribution in [0.25, 0.3) is 11.0 Å². The Hall–Kier alpha value is -3.59. The van der Waals surface area contributed by atoms with Gasteiger partial charge in [-0.05, 0) is 24.3 Å². The number of amides is 1. The van der Waals surface area contributed by atoms with Crippen LogP contribution in [0, 0.1) is 5.82 Å². The van der Waals surface area contributed by atoms with E-state index in [4.69, 9.17) is 0 Å². The molecule has 4 heterocycles. The minimum absolute atomic E-state index is 0.0374. The van der Waals surface area contributed by atoms with Crippen molar-refractivity contribution in [1.82, 2.24) is 34.9 Å². The molecule has 5 rings (SSSR count). The maximum Gasteiger partial charge on any atom is 0.254 e. The third-order valence-corrected chi connectivity index (χ3v) is 5.53. The highest BCUT2D eigenvalue weighted by Crippen LogP contribution is 2.21. The van der Waals surface area contributed by atoms with E-state index in [1.165, 1.54) is 18.3 Å². The van der Waals surface area contributed by atoms with Gasteiger partial charge < -0.3 is 10.3 Å². The average Bonchev–Trinajstić information content (AvgIpc) is 3.39. The molecule has 8 nitrogen and oxygen atoms in total. The molecule has 1 amide bonds. The monoisotopic (exact) mass is 419 g/mol. The third kappa shape index (κ3) is 4.17. The Kier molecular flexibility index (Phi) is 5.17. The number of fused-ring (bicyclic) bond motifs is 1. The predicted octanol–water partition coefficient (Wildman–Crippen LogP) is 2.32. The highest BCUT2D eigenvalue weighted by Gasteiger charge is 2.29. The number of halogens is 1. The standard InChI is InChI=1S/C22H22FN7O/c23-17-4-3-8-24-20(17)11-25-22(31)15-10-26-30(12-15)16-13-29(14-16)9-7-21-27-18-5-1-2-6-19(18)28-21/h1-6,8,10,12,16H,7,9,11,13-14H2,(H,25,31)(H,27,28). The van der Waals surface area contributed by atoms with Crippen LogP contribution >= 0.6 is 0 Å². The lowest BCUT2D eigenvalue weighted by Gasteiger charge is -2.39. The Morgan fingerprint density at radius 1 is 1.23 bits per heavy atom.